The molecule has 1 unspecified atom stereocenters. The van der Waals surface area contributed by atoms with Gasteiger partial charge in [0.2, 0.25) is 5.91 Å². The number of fused-ring (bicyclic) bond motifs is 2. The van der Waals surface area contributed by atoms with Crippen molar-refractivity contribution in [2.45, 2.75) is 28.9 Å². The molecule has 0 aliphatic carbocycles. The number of carbonyl (C=O) groups excluding carboxylic acids is 3. The van der Waals surface area contributed by atoms with Gasteiger partial charge in [-0.1, -0.05) is 48.0 Å². The SMILES string of the molecule is O=C1OCC=C[C@H]2S[C@]34C=CCN(c5ccccc5Cl)C(=O)C3N(CCCCO)C(=O)[C@@H]4[C@@H]12. The van der Waals surface area contributed by atoms with Crippen LogP contribution in [0.4, 0.5) is 5.69 Å². The van der Waals surface area contributed by atoms with Crippen molar-refractivity contribution >= 4 is 46.8 Å². The number of nitrogens with zero attached hydrogens (tertiary/aromatic N) is 2. The summed E-state index contributed by atoms with van der Waals surface area (Å²) in [5.74, 6) is -2.14. The molecule has 0 radical (unpaired) electrons. The van der Waals surface area contributed by atoms with Crippen molar-refractivity contribution in [1.82, 2.24) is 4.90 Å². The van der Waals surface area contributed by atoms with Crippen molar-refractivity contribution < 1.29 is 24.2 Å². The summed E-state index contributed by atoms with van der Waals surface area (Å²) in [5.41, 5.74) is 0.591. The van der Waals surface area contributed by atoms with Crippen LogP contribution < -0.4 is 4.90 Å². The van der Waals surface area contributed by atoms with Gasteiger partial charge in [0, 0.05) is 24.9 Å². The van der Waals surface area contributed by atoms with Crippen LogP contribution in [0.15, 0.2) is 48.6 Å². The van der Waals surface area contributed by atoms with Crippen molar-refractivity contribution in [2.75, 3.05) is 31.2 Å². The van der Waals surface area contributed by atoms with Crippen molar-refractivity contribution in [1.29, 1.82) is 0 Å². The summed E-state index contributed by atoms with van der Waals surface area (Å²) in [4.78, 5) is 44.1. The Morgan fingerprint density at radius 2 is 1.97 bits per heavy atom. The van der Waals surface area contributed by atoms with Gasteiger partial charge < -0.3 is 19.6 Å². The molecule has 2 amide bonds. The summed E-state index contributed by atoms with van der Waals surface area (Å²) < 4.78 is 4.49. The van der Waals surface area contributed by atoms with E-state index >= 15 is 0 Å². The van der Waals surface area contributed by atoms with Gasteiger partial charge >= 0.3 is 5.97 Å². The number of esters is 1. The lowest BCUT2D eigenvalue weighted by atomic mass is 9.78. The summed E-state index contributed by atoms with van der Waals surface area (Å²) >= 11 is 7.94. The molecule has 4 heterocycles. The Morgan fingerprint density at radius 3 is 2.76 bits per heavy atom. The third-order valence-electron chi connectivity index (χ3n) is 6.86. The molecule has 1 N–H and O–H groups in total. The first-order valence-electron chi connectivity index (χ1n) is 11.2. The molecule has 0 saturated carbocycles. The molecule has 0 bridgehead atoms. The topological polar surface area (TPSA) is 87.2 Å². The van der Waals surface area contributed by atoms with E-state index in [-0.39, 0.29) is 30.3 Å². The molecule has 4 aliphatic rings. The molecule has 2 fully saturated rings. The minimum Gasteiger partial charge on any atom is -0.461 e. The molecule has 0 aromatic heterocycles. The van der Waals surface area contributed by atoms with Crippen LogP contribution in [0.5, 0.6) is 0 Å². The fourth-order valence-electron chi connectivity index (χ4n) is 5.49. The zero-order valence-corrected chi connectivity index (χ0v) is 19.5. The van der Waals surface area contributed by atoms with Gasteiger partial charge in [0.15, 0.2) is 0 Å². The van der Waals surface area contributed by atoms with Gasteiger partial charge in [-0.15, -0.1) is 11.8 Å². The summed E-state index contributed by atoms with van der Waals surface area (Å²) in [6, 6.07) is 6.38. The number of para-hydroxylation sites is 1. The third-order valence-corrected chi connectivity index (χ3v) is 8.93. The molecular weight excluding hydrogens is 464 g/mol. The van der Waals surface area contributed by atoms with Crippen molar-refractivity contribution in [3.05, 3.63) is 53.6 Å². The van der Waals surface area contributed by atoms with E-state index in [0.717, 1.165) is 0 Å². The highest BCUT2D eigenvalue weighted by Crippen LogP contribution is 2.61. The van der Waals surface area contributed by atoms with E-state index in [9.17, 15) is 19.5 Å². The first-order chi connectivity index (χ1) is 16.0. The third kappa shape index (κ3) is 3.50. The summed E-state index contributed by atoms with van der Waals surface area (Å²) in [6.07, 6.45) is 8.70. The Hall–Kier alpha value is -2.29. The zero-order chi connectivity index (χ0) is 23.2. The number of amides is 2. The van der Waals surface area contributed by atoms with Gasteiger partial charge in [0.1, 0.15) is 12.6 Å². The van der Waals surface area contributed by atoms with Gasteiger partial charge in [-0.25, -0.2) is 0 Å². The van der Waals surface area contributed by atoms with Gasteiger partial charge in [-0.3, -0.25) is 14.4 Å². The highest BCUT2D eigenvalue weighted by atomic mass is 35.5. The number of rotatable bonds is 5. The Labute approximate surface area is 201 Å². The normalized spacial score (nSPS) is 32.8. The van der Waals surface area contributed by atoms with Crippen LogP contribution in [0.3, 0.4) is 0 Å². The lowest BCUT2D eigenvalue weighted by Crippen LogP contribution is -2.53. The van der Waals surface area contributed by atoms with E-state index in [1.54, 1.807) is 28.0 Å². The number of cyclic esters (lactones) is 1. The van der Waals surface area contributed by atoms with Gasteiger partial charge in [-0.05, 0) is 25.0 Å². The molecular formula is C24H25ClN2O5S. The number of hydrogen-bond acceptors (Lipinski definition) is 6. The minimum atomic E-state index is -0.876. The van der Waals surface area contributed by atoms with Crippen molar-refractivity contribution in [2.24, 2.45) is 11.8 Å². The standard InChI is InChI=1S/C24H25ClN2O5S/c25-15-7-1-2-8-16(15)26-12-6-10-24-19(18-17(33-24)9-5-14-32-23(18)31)21(29)27(11-3-4-13-28)20(24)22(26)30/h1-2,5-10,17-20,28H,3-4,11-14H2/t17-,18+,19+,20?,24+/m1/s1. The molecule has 7 nitrogen and oxygen atoms in total. The fraction of sp³-hybridized carbons (Fsp3) is 0.458. The smallest absolute Gasteiger partial charge is 0.311 e. The summed E-state index contributed by atoms with van der Waals surface area (Å²) in [7, 11) is 0. The lowest BCUT2D eigenvalue weighted by Gasteiger charge is -2.35. The van der Waals surface area contributed by atoms with Crippen molar-refractivity contribution in [3.8, 4) is 0 Å². The molecule has 4 aliphatic heterocycles. The number of likely N-dealkylation sites (tertiary alicyclic amines) is 1. The molecule has 5 rings (SSSR count). The molecule has 174 valence electrons. The molecule has 2 saturated heterocycles. The number of aliphatic hydroxyl groups excluding tert-OH is 1. The Kier molecular flexibility index (Phi) is 6.01. The maximum absolute atomic E-state index is 14.1. The van der Waals surface area contributed by atoms with Gasteiger partial charge in [0.25, 0.3) is 5.91 Å². The quantitative estimate of drug-likeness (QED) is 0.389. The Balaban J connectivity index is 1.60. The molecule has 9 heteroatoms. The number of ether oxygens (including phenoxy) is 1. The number of benzene rings is 1. The second-order valence-corrected chi connectivity index (χ2v) is 10.6. The van der Waals surface area contributed by atoms with E-state index in [1.807, 2.05) is 30.4 Å². The number of hydrogen-bond donors (Lipinski definition) is 1. The van der Waals surface area contributed by atoms with E-state index in [4.69, 9.17) is 16.3 Å². The second kappa shape index (κ2) is 8.81. The number of thioether (sulfide) groups is 1. The van der Waals surface area contributed by atoms with Crippen LogP contribution in [0.2, 0.25) is 5.02 Å². The maximum Gasteiger partial charge on any atom is 0.311 e. The van der Waals surface area contributed by atoms with Crippen LogP contribution in [-0.4, -0.2) is 70.1 Å². The number of carbonyl (C=O) groups is 3. The highest BCUT2D eigenvalue weighted by molar-refractivity contribution is 8.02. The zero-order valence-electron chi connectivity index (χ0n) is 17.9. The van der Waals surface area contributed by atoms with E-state index in [2.05, 4.69) is 0 Å². The highest BCUT2D eigenvalue weighted by Gasteiger charge is 2.71. The van der Waals surface area contributed by atoms with Crippen molar-refractivity contribution in [3.63, 3.8) is 0 Å². The van der Waals surface area contributed by atoms with Crippen LogP contribution >= 0.6 is 23.4 Å². The van der Waals surface area contributed by atoms with Gasteiger partial charge in [0.05, 0.1) is 27.3 Å². The molecule has 1 aromatic carbocycles. The average Bonchev–Trinajstić information content (AvgIpc) is 3.09. The number of anilines is 1. The summed E-state index contributed by atoms with van der Waals surface area (Å²) in [5, 5.41) is 9.48. The molecule has 1 spiro atoms. The maximum atomic E-state index is 14.1. The molecule has 5 atom stereocenters. The Bertz CT molecular complexity index is 1050. The van der Waals surface area contributed by atoms with Crippen LogP contribution in [0, 0.1) is 11.8 Å². The van der Waals surface area contributed by atoms with Crippen LogP contribution in [-0.2, 0) is 19.1 Å². The molecule has 33 heavy (non-hydrogen) atoms. The minimum absolute atomic E-state index is 0.0113. The number of aliphatic hydroxyl groups is 1. The second-order valence-electron chi connectivity index (χ2n) is 8.67. The van der Waals surface area contributed by atoms with E-state index < -0.39 is 28.6 Å². The molecule has 1 aromatic rings. The average molecular weight is 489 g/mol. The predicted octanol–water partition coefficient (Wildman–Crippen LogP) is 2.43. The largest absolute Gasteiger partial charge is 0.461 e. The van der Waals surface area contributed by atoms with Crippen LogP contribution in [0.1, 0.15) is 12.8 Å². The predicted molar refractivity (Wildman–Crippen MR) is 126 cm³/mol. The van der Waals surface area contributed by atoms with E-state index in [1.165, 1.54) is 11.8 Å². The first kappa shape index (κ1) is 22.5. The number of unbranched alkanes of at least 4 members (excludes halogenated alkanes) is 1. The fourth-order valence-corrected chi connectivity index (χ4v) is 7.73. The Morgan fingerprint density at radius 1 is 1.15 bits per heavy atom. The lowest BCUT2D eigenvalue weighted by molar-refractivity contribution is -0.151. The van der Waals surface area contributed by atoms with Crippen LogP contribution in [0.25, 0.3) is 0 Å². The van der Waals surface area contributed by atoms with Gasteiger partial charge in [-0.2, -0.15) is 0 Å². The first-order valence-corrected chi connectivity index (χ1v) is 12.4. The number of halogens is 1. The monoisotopic (exact) mass is 488 g/mol. The van der Waals surface area contributed by atoms with E-state index in [0.29, 0.717) is 36.6 Å². The summed E-state index contributed by atoms with van der Waals surface area (Å²) in [6.45, 7) is 0.861.